The maximum atomic E-state index is 10.8. The van der Waals surface area contributed by atoms with Gasteiger partial charge in [0.05, 0.1) is 12.4 Å². The van der Waals surface area contributed by atoms with Crippen LogP contribution in [0.4, 0.5) is 0 Å². The van der Waals surface area contributed by atoms with E-state index in [1.54, 1.807) is 0 Å². The van der Waals surface area contributed by atoms with Crippen LogP contribution < -0.4 is 4.74 Å². The molecule has 2 aromatic rings. The molecule has 2 heterocycles. The van der Waals surface area contributed by atoms with Gasteiger partial charge in [0.1, 0.15) is 5.75 Å². The minimum atomic E-state index is -1.15. The lowest BCUT2D eigenvalue weighted by Crippen LogP contribution is -2.41. The predicted octanol–water partition coefficient (Wildman–Crippen LogP) is 2.92. The van der Waals surface area contributed by atoms with E-state index in [4.69, 9.17) is 9.84 Å². The van der Waals surface area contributed by atoms with Crippen LogP contribution in [0.25, 0.3) is 0 Å². The molecule has 0 saturated heterocycles. The van der Waals surface area contributed by atoms with Gasteiger partial charge in [-0.05, 0) is 48.9 Å². The molecule has 0 amide bonds. The van der Waals surface area contributed by atoms with Gasteiger partial charge in [-0.3, -0.25) is 4.90 Å². The van der Waals surface area contributed by atoms with E-state index in [0.29, 0.717) is 5.75 Å². The summed E-state index contributed by atoms with van der Waals surface area (Å²) in [6, 6.07) is 6.98. The van der Waals surface area contributed by atoms with Crippen LogP contribution in [0.3, 0.4) is 0 Å². The Labute approximate surface area is 146 Å². The third-order valence-corrected chi connectivity index (χ3v) is 5.16. The quantitative estimate of drug-likeness (QED) is 0.923. The molecule has 1 aliphatic heterocycles. The molecule has 1 aliphatic carbocycles. The van der Waals surface area contributed by atoms with Crippen molar-refractivity contribution in [1.29, 1.82) is 0 Å². The number of carboxylic acid groups (broad SMARTS) is 1. The third kappa shape index (κ3) is 3.49. The number of carboxylic acids is 1. The summed E-state index contributed by atoms with van der Waals surface area (Å²) in [6.45, 7) is 2.25. The summed E-state index contributed by atoms with van der Waals surface area (Å²) in [6.07, 6.45) is 8.96. The summed E-state index contributed by atoms with van der Waals surface area (Å²) >= 11 is 0. The molecule has 1 aromatic carbocycles. The number of benzene rings is 1. The number of aromatic nitrogens is 2. The van der Waals surface area contributed by atoms with E-state index in [2.05, 4.69) is 27.0 Å². The van der Waals surface area contributed by atoms with Gasteiger partial charge in [0.25, 0.3) is 0 Å². The van der Waals surface area contributed by atoms with Gasteiger partial charge in [-0.15, -0.1) is 0 Å². The van der Waals surface area contributed by atoms with Crippen LogP contribution in [0.5, 0.6) is 11.5 Å². The minimum absolute atomic E-state index is 0.231. The summed E-state index contributed by atoms with van der Waals surface area (Å²) < 4.78 is 5.80. The molecule has 1 N–H and O–H groups in total. The van der Waals surface area contributed by atoms with Crippen molar-refractivity contribution in [2.45, 2.75) is 38.1 Å². The Bertz CT molecular complexity index is 772. The van der Waals surface area contributed by atoms with Crippen molar-refractivity contribution in [3.63, 3.8) is 0 Å². The zero-order chi connectivity index (χ0) is 17.2. The van der Waals surface area contributed by atoms with Gasteiger partial charge in [0, 0.05) is 19.1 Å². The minimum Gasteiger partial charge on any atom is -0.475 e. The third-order valence-electron chi connectivity index (χ3n) is 5.16. The zero-order valence-electron chi connectivity index (χ0n) is 14.0. The van der Waals surface area contributed by atoms with Crippen molar-refractivity contribution in [3.8, 4) is 11.5 Å². The molecule has 0 bridgehead atoms. The number of hydrogen-bond donors (Lipinski definition) is 1. The standard InChI is InChI=1S/C19H21N3O3/c23-19(24)18-20-11-17(12-21-18)25-16-5-4-13-6-8-22(15-2-1-3-15)9-7-14(13)10-16/h4-5,10-12,15H,1-3,6-9H2,(H,23,24). The van der Waals surface area contributed by atoms with E-state index in [1.807, 2.05) is 6.07 Å². The molecular formula is C19H21N3O3. The summed E-state index contributed by atoms with van der Waals surface area (Å²) in [4.78, 5) is 21.0. The summed E-state index contributed by atoms with van der Waals surface area (Å²) in [5.74, 6) is -0.199. The number of nitrogens with zero attached hydrogens (tertiary/aromatic N) is 3. The van der Waals surface area contributed by atoms with E-state index in [-0.39, 0.29) is 5.82 Å². The van der Waals surface area contributed by atoms with E-state index < -0.39 is 5.97 Å². The van der Waals surface area contributed by atoms with E-state index in [1.165, 1.54) is 42.8 Å². The Morgan fingerprint density at radius 2 is 1.80 bits per heavy atom. The molecule has 2 aliphatic rings. The summed E-state index contributed by atoms with van der Waals surface area (Å²) in [5.41, 5.74) is 2.73. The Hall–Kier alpha value is -2.47. The second-order valence-corrected chi connectivity index (χ2v) is 6.70. The van der Waals surface area contributed by atoms with Crippen LogP contribution in [0.1, 0.15) is 41.0 Å². The topological polar surface area (TPSA) is 75.6 Å². The SMILES string of the molecule is O=C(O)c1ncc(Oc2ccc3c(c2)CCN(C2CCC2)CC3)cn1. The van der Waals surface area contributed by atoms with Gasteiger partial charge in [-0.2, -0.15) is 0 Å². The number of rotatable bonds is 4. The molecule has 6 nitrogen and oxygen atoms in total. The predicted molar refractivity (Wildman–Crippen MR) is 92.1 cm³/mol. The van der Waals surface area contributed by atoms with Crippen molar-refractivity contribution in [2.24, 2.45) is 0 Å². The average molecular weight is 339 g/mol. The first-order valence-electron chi connectivity index (χ1n) is 8.78. The first kappa shape index (κ1) is 16.0. The van der Waals surface area contributed by atoms with E-state index >= 15 is 0 Å². The normalized spacial score (nSPS) is 18.1. The second-order valence-electron chi connectivity index (χ2n) is 6.70. The first-order chi connectivity index (χ1) is 12.2. The lowest BCUT2D eigenvalue weighted by atomic mass is 9.91. The number of fused-ring (bicyclic) bond motifs is 1. The molecule has 1 saturated carbocycles. The Kier molecular flexibility index (Phi) is 4.36. The molecule has 0 unspecified atom stereocenters. The number of ether oxygens (including phenoxy) is 1. The van der Waals surface area contributed by atoms with Crippen molar-refractivity contribution >= 4 is 5.97 Å². The van der Waals surface area contributed by atoms with Gasteiger partial charge in [-0.1, -0.05) is 12.5 Å². The molecule has 0 radical (unpaired) electrons. The maximum Gasteiger partial charge on any atom is 0.373 e. The van der Waals surface area contributed by atoms with Crippen LogP contribution in [0, 0.1) is 0 Å². The second kappa shape index (κ2) is 6.80. The lowest BCUT2D eigenvalue weighted by molar-refractivity contribution is 0.0683. The Morgan fingerprint density at radius 3 is 2.44 bits per heavy atom. The molecular weight excluding hydrogens is 318 g/mol. The number of hydrogen-bond acceptors (Lipinski definition) is 5. The lowest BCUT2D eigenvalue weighted by Gasteiger charge is -2.36. The maximum absolute atomic E-state index is 10.8. The smallest absolute Gasteiger partial charge is 0.373 e. The van der Waals surface area contributed by atoms with Crippen LogP contribution >= 0.6 is 0 Å². The van der Waals surface area contributed by atoms with Crippen molar-refractivity contribution in [2.75, 3.05) is 13.1 Å². The molecule has 1 fully saturated rings. The molecule has 0 atom stereocenters. The summed E-state index contributed by atoms with van der Waals surface area (Å²) in [5, 5.41) is 8.84. The van der Waals surface area contributed by atoms with E-state index in [9.17, 15) is 4.79 Å². The van der Waals surface area contributed by atoms with Crippen LogP contribution in [-0.4, -0.2) is 45.1 Å². The molecule has 25 heavy (non-hydrogen) atoms. The summed E-state index contributed by atoms with van der Waals surface area (Å²) in [7, 11) is 0. The van der Waals surface area contributed by atoms with Crippen LogP contribution in [0.2, 0.25) is 0 Å². The van der Waals surface area contributed by atoms with E-state index in [0.717, 1.165) is 37.7 Å². The highest BCUT2D eigenvalue weighted by molar-refractivity contribution is 5.82. The van der Waals surface area contributed by atoms with Gasteiger partial charge in [-0.25, -0.2) is 14.8 Å². The fourth-order valence-electron chi connectivity index (χ4n) is 3.51. The first-order valence-corrected chi connectivity index (χ1v) is 8.78. The monoisotopic (exact) mass is 339 g/mol. The van der Waals surface area contributed by atoms with Gasteiger partial charge in [0.2, 0.25) is 5.82 Å². The van der Waals surface area contributed by atoms with Crippen molar-refractivity contribution in [1.82, 2.24) is 14.9 Å². The molecule has 0 spiro atoms. The largest absolute Gasteiger partial charge is 0.475 e. The Balaban J connectivity index is 1.46. The average Bonchev–Trinajstić information content (AvgIpc) is 2.77. The highest BCUT2D eigenvalue weighted by atomic mass is 16.5. The zero-order valence-corrected chi connectivity index (χ0v) is 14.0. The highest BCUT2D eigenvalue weighted by Crippen LogP contribution is 2.29. The van der Waals surface area contributed by atoms with Gasteiger partial charge < -0.3 is 9.84 Å². The fourth-order valence-corrected chi connectivity index (χ4v) is 3.51. The molecule has 130 valence electrons. The van der Waals surface area contributed by atoms with Crippen molar-refractivity contribution in [3.05, 3.63) is 47.5 Å². The fraction of sp³-hybridized carbons (Fsp3) is 0.421. The molecule has 4 rings (SSSR count). The number of carbonyl (C=O) groups is 1. The van der Waals surface area contributed by atoms with Gasteiger partial charge >= 0.3 is 5.97 Å². The van der Waals surface area contributed by atoms with Crippen molar-refractivity contribution < 1.29 is 14.6 Å². The molecule has 1 aromatic heterocycles. The molecule has 6 heteroatoms. The van der Waals surface area contributed by atoms with Crippen LogP contribution in [0.15, 0.2) is 30.6 Å². The Morgan fingerprint density at radius 1 is 1.08 bits per heavy atom. The number of aromatic carboxylic acids is 1. The van der Waals surface area contributed by atoms with Gasteiger partial charge in [0.15, 0.2) is 5.75 Å². The highest BCUT2D eigenvalue weighted by Gasteiger charge is 2.26. The van der Waals surface area contributed by atoms with Crippen LogP contribution in [-0.2, 0) is 12.8 Å².